The number of hydrogen-bond acceptors (Lipinski definition) is 2. The van der Waals surface area contributed by atoms with Gasteiger partial charge in [0.2, 0.25) is 0 Å². The fourth-order valence-electron chi connectivity index (χ4n) is 1.44. The molecule has 94 valence electrons. The summed E-state index contributed by atoms with van der Waals surface area (Å²) in [4.78, 5) is 11.7. The van der Waals surface area contributed by atoms with E-state index >= 15 is 0 Å². The Kier molecular flexibility index (Phi) is 5.33. The predicted molar refractivity (Wildman–Crippen MR) is 68.5 cm³/mol. The van der Waals surface area contributed by atoms with E-state index in [0.717, 1.165) is 5.57 Å². The van der Waals surface area contributed by atoms with Crippen LogP contribution in [0.3, 0.4) is 0 Å². The van der Waals surface area contributed by atoms with Crippen molar-refractivity contribution >= 4 is 5.78 Å². The Morgan fingerprint density at radius 2 is 2.29 bits per heavy atom. The average Bonchev–Trinajstić information content (AvgIpc) is 2.29. The standard InChI is InChI=1S/C14H19INO/c1-11(2)15-14(9-7-13(14)17)8-6-12(3)5-4-10-16/h4-9,11H,3,10,16H2,1-2H3/q-1/b5-4+,8-6-. The monoisotopic (exact) mass is 344 g/mol. The van der Waals surface area contributed by atoms with Crippen molar-refractivity contribution in [2.75, 3.05) is 6.54 Å². The van der Waals surface area contributed by atoms with Crippen LogP contribution in [0.5, 0.6) is 0 Å². The van der Waals surface area contributed by atoms with Crippen molar-refractivity contribution in [1.82, 2.24) is 0 Å². The summed E-state index contributed by atoms with van der Waals surface area (Å²) in [5.41, 5.74) is 6.26. The Morgan fingerprint density at radius 3 is 2.71 bits per heavy atom. The molecule has 1 unspecified atom stereocenters. The van der Waals surface area contributed by atoms with Crippen LogP contribution in [0.1, 0.15) is 13.8 Å². The second kappa shape index (κ2) is 6.31. The molecule has 1 aliphatic carbocycles. The molecule has 2 N–H and O–H groups in total. The molecule has 0 amide bonds. The number of hydrogen-bond donors (Lipinski definition) is 1. The minimum atomic E-state index is -0.285. The van der Waals surface area contributed by atoms with E-state index in [0.29, 0.717) is 10.5 Å². The fraction of sp³-hybridized carbons (Fsp3) is 0.357. The Balaban J connectivity index is 2.72. The van der Waals surface area contributed by atoms with Crippen molar-refractivity contribution in [1.29, 1.82) is 0 Å². The van der Waals surface area contributed by atoms with Gasteiger partial charge in [-0.25, -0.2) is 0 Å². The Morgan fingerprint density at radius 1 is 1.59 bits per heavy atom. The molecule has 0 aliphatic heterocycles. The fourth-order valence-corrected chi connectivity index (χ4v) is 4.76. The first-order chi connectivity index (χ1) is 8.00. The van der Waals surface area contributed by atoms with Gasteiger partial charge < -0.3 is 0 Å². The van der Waals surface area contributed by atoms with Gasteiger partial charge in [-0.2, -0.15) is 0 Å². The summed E-state index contributed by atoms with van der Waals surface area (Å²) in [6, 6.07) is 0. The molecule has 0 heterocycles. The number of nitrogens with two attached hydrogens (primary N) is 1. The first-order valence-corrected chi connectivity index (χ1v) is 7.95. The van der Waals surface area contributed by atoms with Gasteiger partial charge in [0.1, 0.15) is 0 Å². The molecule has 0 saturated heterocycles. The van der Waals surface area contributed by atoms with Gasteiger partial charge in [-0.3, -0.25) is 0 Å². The van der Waals surface area contributed by atoms with Crippen LogP contribution in [0.25, 0.3) is 0 Å². The van der Waals surface area contributed by atoms with Gasteiger partial charge in [-0.15, -0.1) is 0 Å². The summed E-state index contributed by atoms with van der Waals surface area (Å²) in [6.07, 6.45) is 11.4. The molecule has 0 bridgehead atoms. The van der Waals surface area contributed by atoms with E-state index in [1.54, 1.807) is 6.08 Å². The molecule has 1 atom stereocenters. The van der Waals surface area contributed by atoms with Crippen molar-refractivity contribution in [2.45, 2.75) is 21.2 Å². The molecular formula is C14H19INO-. The molecule has 0 radical (unpaired) electrons. The van der Waals surface area contributed by atoms with Crippen LogP contribution in [0.4, 0.5) is 0 Å². The summed E-state index contributed by atoms with van der Waals surface area (Å²) in [5.74, 6) is 0.242. The third-order valence-electron chi connectivity index (χ3n) is 2.26. The number of carbonyl (C=O) groups is 1. The van der Waals surface area contributed by atoms with Crippen LogP contribution < -0.4 is 26.9 Å². The molecule has 17 heavy (non-hydrogen) atoms. The Bertz CT molecular complexity index is 393. The van der Waals surface area contributed by atoms with Gasteiger partial charge in [-0.05, 0) is 0 Å². The number of halogens is 1. The van der Waals surface area contributed by atoms with E-state index in [2.05, 4.69) is 20.4 Å². The molecular weight excluding hydrogens is 325 g/mol. The van der Waals surface area contributed by atoms with Crippen LogP contribution >= 0.6 is 0 Å². The van der Waals surface area contributed by atoms with Gasteiger partial charge in [-0.1, -0.05) is 0 Å². The minimum absolute atomic E-state index is 0.196. The summed E-state index contributed by atoms with van der Waals surface area (Å²) in [6.45, 7) is 8.76. The zero-order valence-corrected chi connectivity index (χ0v) is 12.5. The average molecular weight is 344 g/mol. The van der Waals surface area contributed by atoms with Crippen LogP contribution in [-0.2, 0) is 4.79 Å². The van der Waals surface area contributed by atoms with E-state index in [9.17, 15) is 4.79 Å². The molecule has 0 aromatic carbocycles. The van der Waals surface area contributed by atoms with Crippen LogP contribution in [-0.4, -0.2) is 19.7 Å². The third kappa shape index (κ3) is 3.92. The number of rotatable bonds is 6. The zero-order chi connectivity index (χ0) is 12.9. The van der Waals surface area contributed by atoms with Crippen LogP contribution in [0.15, 0.2) is 48.6 Å². The summed E-state index contributed by atoms with van der Waals surface area (Å²) >= 11 is -0.196. The quantitative estimate of drug-likeness (QED) is 0.381. The topological polar surface area (TPSA) is 43.1 Å². The molecule has 0 fully saturated rings. The number of alkyl halides is 2. The SMILES string of the molecule is C=C(/C=C\C1([I-]C(C)C)C=CC1=O)/C=C/CN. The molecule has 0 spiro atoms. The Labute approximate surface area is 114 Å². The van der Waals surface area contributed by atoms with Crippen molar-refractivity contribution in [3.8, 4) is 0 Å². The van der Waals surface area contributed by atoms with E-state index in [4.69, 9.17) is 5.73 Å². The van der Waals surface area contributed by atoms with E-state index in [-0.39, 0.29) is 30.4 Å². The van der Waals surface area contributed by atoms with E-state index in [1.165, 1.54) is 0 Å². The summed E-state index contributed by atoms with van der Waals surface area (Å²) < 4.78 is 0.312. The molecule has 1 aliphatic rings. The number of ketones is 1. The predicted octanol–water partition coefficient (Wildman–Crippen LogP) is -1.01. The maximum atomic E-state index is 11.7. The van der Waals surface area contributed by atoms with Crippen molar-refractivity contribution in [3.05, 3.63) is 48.6 Å². The van der Waals surface area contributed by atoms with Gasteiger partial charge in [0.05, 0.1) is 0 Å². The maximum absolute atomic E-state index is 11.7. The summed E-state index contributed by atoms with van der Waals surface area (Å²) in [5, 5.41) is 0. The molecule has 3 heteroatoms. The molecule has 1 rings (SSSR count). The van der Waals surface area contributed by atoms with Gasteiger partial charge >= 0.3 is 114 Å². The van der Waals surface area contributed by atoms with Crippen molar-refractivity contribution in [2.24, 2.45) is 5.73 Å². The molecule has 2 nitrogen and oxygen atoms in total. The van der Waals surface area contributed by atoms with Crippen LogP contribution in [0.2, 0.25) is 0 Å². The summed E-state index contributed by atoms with van der Waals surface area (Å²) in [7, 11) is 0. The van der Waals surface area contributed by atoms with Crippen LogP contribution in [0, 0.1) is 0 Å². The van der Waals surface area contributed by atoms with Gasteiger partial charge in [0.15, 0.2) is 0 Å². The molecule has 0 aromatic heterocycles. The zero-order valence-electron chi connectivity index (χ0n) is 10.3. The van der Waals surface area contributed by atoms with E-state index in [1.807, 2.05) is 30.4 Å². The second-order valence-corrected chi connectivity index (χ2v) is 9.03. The van der Waals surface area contributed by atoms with E-state index < -0.39 is 0 Å². The molecule has 0 saturated carbocycles. The third-order valence-corrected chi connectivity index (χ3v) is 5.79. The normalized spacial score (nSPS) is 24.1. The first kappa shape index (κ1) is 14.4. The Hall–Kier alpha value is -0.680. The number of carbonyl (C=O) groups excluding carboxylic acids is 1. The van der Waals surface area contributed by atoms with Gasteiger partial charge in [0.25, 0.3) is 0 Å². The van der Waals surface area contributed by atoms with Crippen molar-refractivity contribution in [3.63, 3.8) is 0 Å². The number of allylic oxidation sites excluding steroid dienone is 6. The van der Waals surface area contributed by atoms with Gasteiger partial charge in [0, 0.05) is 0 Å². The molecule has 0 aromatic rings. The second-order valence-electron chi connectivity index (χ2n) is 4.13. The van der Waals surface area contributed by atoms with Crippen molar-refractivity contribution < 1.29 is 26.0 Å². The first-order valence-electron chi connectivity index (χ1n) is 5.63.